The van der Waals surface area contributed by atoms with Crippen LogP contribution in [0.3, 0.4) is 0 Å². The number of hydrogen-bond acceptors (Lipinski definition) is 3. The van der Waals surface area contributed by atoms with Crippen molar-refractivity contribution in [3.05, 3.63) is 53.6 Å². The van der Waals surface area contributed by atoms with E-state index in [2.05, 4.69) is 11.2 Å². The van der Waals surface area contributed by atoms with Crippen molar-refractivity contribution in [3.63, 3.8) is 0 Å². The molecule has 1 N–H and O–H groups in total. The standard InChI is InChI=1S/C15H15NO2/c1-11-9-14(7-8-15(11)18-2)13-5-3-12(4-6-13)10-16-17/h3-10,17H,1-2H3. The van der Waals surface area contributed by atoms with Crippen LogP contribution in [0.15, 0.2) is 47.6 Å². The van der Waals surface area contributed by atoms with E-state index in [1.165, 1.54) is 6.21 Å². The predicted octanol–water partition coefficient (Wildman–Crippen LogP) is 3.48. The number of rotatable bonds is 3. The molecule has 0 aliphatic rings. The fourth-order valence-corrected chi connectivity index (χ4v) is 1.89. The largest absolute Gasteiger partial charge is 0.496 e. The summed E-state index contributed by atoms with van der Waals surface area (Å²) in [5, 5.41) is 11.5. The zero-order chi connectivity index (χ0) is 13.0. The number of oxime groups is 1. The van der Waals surface area contributed by atoms with Crippen LogP contribution in [0.2, 0.25) is 0 Å². The molecule has 0 aromatic heterocycles. The third-order valence-electron chi connectivity index (χ3n) is 2.85. The van der Waals surface area contributed by atoms with E-state index in [1.54, 1.807) is 7.11 Å². The number of aryl methyl sites for hydroxylation is 1. The van der Waals surface area contributed by atoms with Gasteiger partial charge in [-0.1, -0.05) is 35.5 Å². The first-order valence-electron chi connectivity index (χ1n) is 5.67. The van der Waals surface area contributed by atoms with Gasteiger partial charge in [0.1, 0.15) is 5.75 Å². The molecule has 0 unspecified atom stereocenters. The molecule has 2 aromatic rings. The van der Waals surface area contributed by atoms with Gasteiger partial charge >= 0.3 is 0 Å². The topological polar surface area (TPSA) is 41.8 Å². The molecule has 3 nitrogen and oxygen atoms in total. The molecule has 3 heteroatoms. The Morgan fingerprint density at radius 1 is 1.06 bits per heavy atom. The number of hydrogen-bond donors (Lipinski definition) is 1. The minimum absolute atomic E-state index is 0.867. The van der Waals surface area contributed by atoms with Crippen LogP contribution in [-0.2, 0) is 0 Å². The SMILES string of the molecule is COc1ccc(-c2ccc(C=NO)cc2)cc1C. The minimum Gasteiger partial charge on any atom is -0.496 e. The van der Waals surface area contributed by atoms with Gasteiger partial charge in [-0.3, -0.25) is 0 Å². The zero-order valence-electron chi connectivity index (χ0n) is 10.4. The predicted molar refractivity (Wildman–Crippen MR) is 72.5 cm³/mol. The molecule has 0 aliphatic heterocycles. The van der Waals surface area contributed by atoms with Gasteiger partial charge in [0, 0.05) is 0 Å². The quantitative estimate of drug-likeness (QED) is 0.508. The van der Waals surface area contributed by atoms with E-state index in [9.17, 15) is 0 Å². The maximum Gasteiger partial charge on any atom is 0.121 e. The van der Waals surface area contributed by atoms with Gasteiger partial charge in [0.25, 0.3) is 0 Å². The molecular formula is C15H15NO2. The van der Waals surface area contributed by atoms with E-state index >= 15 is 0 Å². The second kappa shape index (κ2) is 5.36. The van der Waals surface area contributed by atoms with Crippen molar-refractivity contribution in [2.75, 3.05) is 7.11 Å². The van der Waals surface area contributed by atoms with Crippen LogP contribution >= 0.6 is 0 Å². The fraction of sp³-hybridized carbons (Fsp3) is 0.133. The van der Waals surface area contributed by atoms with E-state index in [4.69, 9.17) is 9.94 Å². The second-order valence-electron chi connectivity index (χ2n) is 4.05. The highest BCUT2D eigenvalue weighted by Gasteiger charge is 2.02. The summed E-state index contributed by atoms with van der Waals surface area (Å²) < 4.78 is 5.24. The van der Waals surface area contributed by atoms with Crippen LogP contribution in [0.25, 0.3) is 11.1 Å². The highest BCUT2D eigenvalue weighted by Crippen LogP contribution is 2.26. The van der Waals surface area contributed by atoms with Crippen LogP contribution in [0.1, 0.15) is 11.1 Å². The highest BCUT2D eigenvalue weighted by molar-refractivity contribution is 5.80. The minimum atomic E-state index is 0.867. The first kappa shape index (κ1) is 12.2. The third-order valence-corrected chi connectivity index (χ3v) is 2.85. The lowest BCUT2D eigenvalue weighted by Crippen LogP contribution is -1.88. The Morgan fingerprint density at radius 3 is 2.28 bits per heavy atom. The normalized spacial score (nSPS) is 10.8. The maximum atomic E-state index is 8.46. The van der Waals surface area contributed by atoms with Crippen LogP contribution in [0, 0.1) is 6.92 Å². The van der Waals surface area contributed by atoms with E-state index in [-0.39, 0.29) is 0 Å². The molecule has 0 radical (unpaired) electrons. The van der Waals surface area contributed by atoms with Gasteiger partial charge in [-0.15, -0.1) is 0 Å². The Labute approximate surface area is 106 Å². The van der Waals surface area contributed by atoms with Gasteiger partial charge in [-0.25, -0.2) is 0 Å². The molecule has 0 heterocycles. The van der Waals surface area contributed by atoms with Crippen molar-refractivity contribution in [1.29, 1.82) is 0 Å². The maximum absolute atomic E-state index is 8.46. The monoisotopic (exact) mass is 241 g/mol. The van der Waals surface area contributed by atoms with Gasteiger partial charge < -0.3 is 9.94 Å². The molecule has 0 atom stereocenters. The first-order chi connectivity index (χ1) is 8.74. The van der Waals surface area contributed by atoms with Crippen molar-refractivity contribution in [2.24, 2.45) is 5.16 Å². The molecule has 0 saturated carbocycles. The summed E-state index contributed by atoms with van der Waals surface area (Å²) >= 11 is 0. The molecule has 0 saturated heterocycles. The number of methoxy groups -OCH3 is 1. The van der Waals surface area contributed by atoms with Crippen molar-refractivity contribution in [3.8, 4) is 16.9 Å². The average molecular weight is 241 g/mol. The van der Waals surface area contributed by atoms with Gasteiger partial charge in [-0.2, -0.15) is 0 Å². The van der Waals surface area contributed by atoms with Crippen molar-refractivity contribution < 1.29 is 9.94 Å². The van der Waals surface area contributed by atoms with Gasteiger partial charge in [0.2, 0.25) is 0 Å². The lowest BCUT2D eigenvalue weighted by molar-refractivity contribution is 0.322. The molecule has 92 valence electrons. The molecule has 0 spiro atoms. The van der Waals surface area contributed by atoms with E-state index < -0.39 is 0 Å². The Hall–Kier alpha value is -2.29. The first-order valence-corrected chi connectivity index (χ1v) is 5.67. The van der Waals surface area contributed by atoms with E-state index in [0.29, 0.717) is 0 Å². The number of benzene rings is 2. The van der Waals surface area contributed by atoms with Crippen LogP contribution in [-0.4, -0.2) is 18.5 Å². The van der Waals surface area contributed by atoms with Crippen LogP contribution in [0.4, 0.5) is 0 Å². The summed E-state index contributed by atoms with van der Waals surface area (Å²) in [6.07, 6.45) is 1.41. The smallest absolute Gasteiger partial charge is 0.121 e. The molecular weight excluding hydrogens is 226 g/mol. The van der Waals surface area contributed by atoms with Crippen molar-refractivity contribution in [2.45, 2.75) is 6.92 Å². The molecule has 0 aliphatic carbocycles. The summed E-state index contributed by atoms with van der Waals surface area (Å²) in [6.45, 7) is 2.02. The molecule has 18 heavy (non-hydrogen) atoms. The van der Waals surface area contributed by atoms with E-state index in [1.807, 2.05) is 43.3 Å². The van der Waals surface area contributed by atoms with Crippen LogP contribution < -0.4 is 4.74 Å². The fourth-order valence-electron chi connectivity index (χ4n) is 1.89. The lowest BCUT2D eigenvalue weighted by Gasteiger charge is -2.07. The molecule has 0 bridgehead atoms. The zero-order valence-corrected chi connectivity index (χ0v) is 10.4. The van der Waals surface area contributed by atoms with Crippen molar-refractivity contribution >= 4 is 6.21 Å². The Morgan fingerprint density at radius 2 is 1.72 bits per heavy atom. The van der Waals surface area contributed by atoms with Gasteiger partial charge in [-0.05, 0) is 41.3 Å². The van der Waals surface area contributed by atoms with Gasteiger partial charge in [0.05, 0.1) is 13.3 Å². The average Bonchev–Trinajstić information content (AvgIpc) is 2.40. The Kier molecular flexibility index (Phi) is 3.63. The number of nitrogens with zero attached hydrogens (tertiary/aromatic N) is 1. The van der Waals surface area contributed by atoms with E-state index in [0.717, 1.165) is 28.0 Å². The molecule has 2 aromatic carbocycles. The summed E-state index contributed by atoms with van der Waals surface area (Å²) in [6, 6.07) is 13.9. The highest BCUT2D eigenvalue weighted by atomic mass is 16.5. The summed E-state index contributed by atoms with van der Waals surface area (Å²) in [7, 11) is 1.67. The van der Waals surface area contributed by atoms with Crippen LogP contribution in [0.5, 0.6) is 5.75 Å². The lowest BCUT2D eigenvalue weighted by atomic mass is 10.0. The Bertz CT molecular complexity index is 559. The number of ether oxygens (including phenoxy) is 1. The third kappa shape index (κ3) is 2.51. The molecule has 2 rings (SSSR count). The summed E-state index contributed by atoms with van der Waals surface area (Å²) in [5.41, 5.74) is 4.24. The summed E-state index contributed by atoms with van der Waals surface area (Å²) in [5.74, 6) is 0.891. The van der Waals surface area contributed by atoms with Gasteiger partial charge in [0.15, 0.2) is 0 Å². The second-order valence-corrected chi connectivity index (χ2v) is 4.05. The molecule has 0 fully saturated rings. The Balaban J connectivity index is 2.33. The summed E-state index contributed by atoms with van der Waals surface area (Å²) in [4.78, 5) is 0. The molecule has 0 amide bonds. The van der Waals surface area contributed by atoms with Crippen molar-refractivity contribution in [1.82, 2.24) is 0 Å².